The van der Waals surface area contributed by atoms with Crippen LogP contribution in [0, 0.1) is 0 Å². The predicted molar refractivity (Wildman–Crippen MR) is 76.2 cm³/mol. The van der Waals surface area contributed by atoms with Crippen molar-refractivity contribution >= 4 is 45.9 Å². The van der Waals surface area contributed by atoms with E-state index < -0.39 is 0 Å². The molecule has 7 heteroatoms. The summed E-state index contributed by atoms with van der Waals surface area (Å²) >= 11 is 11.8. The topological polar surface area (TPSA) is 57.7 Å². The molecule has 0 fully saturated rings. The number of rotatable bonds is 2. The van der Waals surface area contributed by atoms with Crippen molar-refractivity contribution in [1.82, 2.24) is 19.9 Å². The van der Waals surface area contributed by atoms with Gasteiger partial charge in [0.2, 0.25) is 5.28 Å². The van der Waals surface area contributed by atoms with E-state index >= 15 is 0 Å². The van der Waals surface area contributed by atoms with E-state index in [1.165, 1.54) is 0 Å². The summed E-state index contributed by atoms with van der Waals surface area (Å²) in [5.41, 5.74) is 2.22. The van der Waals surface area contributed by atoms with Crippen molar-refractivity contribution in [3.63, 3.8) is 0 Å². The number of nitrogens with one attached hydrogen (secondary N) is 1. The van der Waals surface area contributed by atoms with Crippen LogP contribution in [0.25, 0.3) is 11.2 Å². The van der Waals surface area contributed by atoms with E-state index in [1.807, 2.05) is 36.2 Å². The second-order valence-electron chi connectivity index (χ2n) is 3.95. The average molecular weight is 294 g/mol. The standard InChI is InChI=1S/C12H9Cl2N5/c1-19(8-4-2-7(13)3-5-8)11-9-10(16-6-15-9)17-12(14)18-11/h2-6H,1H3,(H,15,16,17,18). The van der Waals surface area contributed by atoms with Crippen LogP contribution in [-0.2, 0) is 0 Å². The molecular formula is C12H9Cl2N5. The molecule has 1 aromatic carbocycles. The summed E-state index contributed by atoms with van der Waals surface area (Å²) in [5, 5.41) is 0.847. The Morgan fingerprint density at radius 3 is 2.58 bits per heavy atom. The Balaban J connectivity index is 2.12. The van der Waals surface area contributed by atoms with Crippen LogP contribution in [0.1, 0.15) is 0 Å². The fraction of sp³-hybridized carbons (Fsp3) is 0.0833. The third kappa shape index (κ3) is 2.22. The van der Waals surface area contributed by atoms with Gasteiger partial charge in [0.15, 0.2) is 11.5 Å². The minimum absolute atomic E-state index is 0.162. The van der Waals surface area contributed by atoms with E-state index in [4.69, 9.17) is 23.2 Å². The van der Waals surface area contributed by atoms with Gasteiger partial charge in [0.1, 0.15) is 5.52 Å². The van der Waals surface area contributed by atoms with Gasteiger partial charge in [0.05, 0.1) is 6.33 Å². The third-order valence-corrected chi connectivity index (χ3v) is 3.19. The lowest BCUT2D eigenvalue weighted by Crippen LogP contribution is -2.12. The normalized spacial score (nSPS) is 10.9. The van der Waals surface area contributed by atoms with Gasteiger partial charge in [-0.2, -0.15) is 9.97 Å². The minimum Gasteiger partial charge on any atom is -0.340 e. The van der Waals surface area contributed by atoms with E-state index in [2.05, 4.69) is 19.9 Å². The highest BCUT2D eigenvalue weighted by atomic mass is 35.5. The maximum Gasteiger partial charge on any atom is 0.226 e. The number of aromatic amines is 1. The molecule has 0 radical (unpaired) electrons. The zero-order chi connectivity index (χ0) is 13.4. The SMILES string of the molecule is CN(c1ccc(Cl)cc1)c1nc(Cl)nc2nc[nH]c12. The molecule has 3 rings (SSSR count). The summed E-state index contributed by atoms with van der Waals surface area (Å²) < 4.78 is 0. The van der Waals surface area contributed by atoms with Gasteiger partial charge >= 0.3 is 0 Å². The fourth-order valence-corrected chi connectivity index (χ4v) is 2.11. The van der Waals surface area contributed by atoms with Crippen LogP contribution in [0.3, 0.4) is 0 Å². The number of hydrogen-bond acceptors (Lipinski definition) is 4. The largest absolute Gasteiger partial charge is 0.340 e. The van der Waals surface area contributed by atoms with E-state index in [9.17, 15) is 0 Å². The lowest BCUT2D eigenvalue weighted by Gasteiger charge is -2.18. The van der Waals surface area contributed by atoms with Gasteiger partial charge in [-0.05, 0) is 35.9 Å². The molecule has 0 spiro atoms. The first kappa shape index (κ1) is 12.2. The second kappa shape index (κ2) is 4.68. The van der Waals surface area contributed by atoms with E-state index in [0.717, 1.165) is 11.2 Å². The predicted octanol–water partition coefficient (Wildman–Crippen LogP) is 3.43. The summed E-state index contributed by atoms with van der Waals surface area (Å²) in [7, 11) is 1.89. The third-order valence-electron chi connectivity index (χ3n) is 2.77. The molecule has 19 heavy (non-hydrogen) atoms. The molecule has 1 N–H and O–H groups in total. The molecule has 0 aliphatic rings. The molecular weight excluding hydrogens is 285 g/mol. The van der Waals surface area contributed by atoms with Crippen molar-refractivity contribution < 1.29 is 0 Å². The van der Waals surface area contributed by atoms with Gasteiger partial charge in [0, 0.05) is 17.8 Å². The molecule has 96 valence electrons. The number of hydrogen-bond donors (Lipinski definition) is 1. The summed E-state index contributed by atoms with van der Waals surface area (Å²) in [6.45, 7) is 0. The highest BCUT2D eigenvalue weighted by molar-refractivity contribution is 6.30. The Morgan fingerprint density at radius 2 is 1.84 bits per heavy atom. The smallest absolute Gasteiger partial charge is 0.226 e. The molecule has 0 aliphatic heterocycles. The van der Waals surface area contributed by atoms with Crippen LogP contribution in [0.4, 0.5) is 11.5 Å². The van der Waals surface area contributed by atoms with E-state index in [1.54, 1.807) is 6.33 Å². The molecule has 3 aromatic rings. The number of anilines is 2. The van der Waals surface area contributed by atoms with Crippen molar-refractivity contribution in [2.24, 2.45) is 0 Å². The number of fused-ring (bicyclic) bond motifs is 1. The number of aromatic nitrogens is 4. The van der Waals surface area contributed by atoms with Gasteiger partial charge in [0.25, 0.3) is 0 Å². The molecule has 0 unspecified atom stereocenters. The second-order valence-corrected chi connectivity index (χ2v) is 4.73. The first-order chi connectivity index (χ1) is 9.15. The summed E-state index contributed by atoms with van der Waals surface area (Å²) in [5.74, 6) is 0.662. The molecule has 0 saturated carbocycles. The Labute approximate surface area is 119 Å². The van der Waals surface area contributed by atoms with Gasteiger partial charge < -0.3 is 9.88 Å². The molecule has 2 heterocycles. The zero-order valence-corrected chi connectivity index (χ0v) is 11.4. The van der Waals surface area contributed by atoms with Crippen molar-refractivity contribution in [2.45, 2.75) is 0 Å². The summed E-state index contributed by atoms with van der Waals surface area (Å²) in [6.07, 6.45) is 1.56. The number of benzene rings is 1. The van der Waals surface area contributed by atoms with E-state index in [-0.39, 0.29) is 5.28 Å². The Morgan fingerprint density at radius 1 is 1.11 bits per heavy atom. The molecule has 0 atom stereocenters. The fourth-order valence-electron chi connectivity index (χ4n) is 1.82. The van der Waals surface area contributed by atoms with Gasteiger partial charge in [-0.15, -0.1) is 0 Å². The van der Waals surface area contributed by atoms with Crippen LogP contribution in [-0.4, -0.2) is 27.0 Å². The highest BCUT2D eigenvalue weighted by Crippen LogP contribution is 2.28. The highest BCUT2D eigenvalue weighted by Gasteiger charge is 2.14. The molecule has 0 saturated heterocycles. The maximum atomic E-state index is 5.91. The monoisotopic (exact) mass is 293 g/mol. The van der Waals surface area contributed by atoms with Gasteiger partial charge in [-0.25, -0.2) is 4.98 Å². The summed E-state index contributed by atoms with van der Waals surface area (Å²) in [6, 6.07) is 7.45. The number of halogens is 2. The Kier molecular flexibility index (Phi) is 3.00. The first-order valence-electron chi connectivity index (χ1n) is 5.51. The number of H-pyrrole nitrogens is 1. The lowest BCUT2D eigenvalue weighted by atomic mass is 10.3. The Hall–Kier alpha value is -1.85. The van der Waals surface area contributed by atoms with Gasteiger partial charge in [-0.3, -0.25) is 0 Å². The number of imidazole rings is 1. The minimum atomic E-state index is 0.162. The molecule has 2 aromatic heterocycles. The molecule has 5 nitrogen and oxygen atoms in total. The molecule has 0 amide bonds. The average Bonchev–Trinajstić information content (AvgIpc) is 2.85. The number of nitrogens with zero attached hydrogens (tertiary/aromatic N) is 4. The van der Waals surface area contributed by atoms with Crippen LogP contribution >= 0.6 is 23.2 Å². The van der Waals surface area contributed by atoms with Crippen LogP contribution < -0.4 is 4.90 Å². The Bertz CT molecular complexity index is 723. The summed E-state index contributed by atoms with van der Waals surface area (Å²) in [4.78, 5) is 17.3. The first-order valence-corrected chi connectivity index (χ1v) is 6.26. The maximum absolute atomic E-state index is 5.91. The van der Waals surface area contributed by atoms with Crippen molar-refractivity contribution in [3.05, 3.63) is 40.9 Å². The lowest BCUT2D eigenvalue weighted by molar-refractivity contribution is 1.10. The molecule has 0 aliphatic carbocycles. The van der Waals surface area contributed by atoms with Crippen molar-refractivity contribution in [1.29, 1.82) is 0 Å². The van der Waals surface area contributed by atoms with Crippen molar-refractivity contribution in [3.8, 4) is 0 Å². The van der Waals surface area contributed by atoms with Gasteiger partial charge in [-0.1, -0.05) is 11.6 Å². The van der Waals surface area contributed by atoms with Crippen LogP contribution in [0.2, 0.25) is 10.3 Å². The zero-order valence-electron chi connectivity index (χ0n) is 9.93. The molecule has 0 bridgehead atoms. The quantitative estimate of drug-likeness (QED) is 0.736. The van der Waals surface area contributed by atoms with Crippen LogP contribution in [0.5, 0.6) is 0 Å². The van der Waals surface area contributed by atoms with Crippen LogP contribution in [0.15, 0.2) is 30.6 Å². The van der Waals surface area contributed by atoms with Crippen molar-refractivity contribution in [2.75, 3.05) is 11.9 Å². The van der Waals surface area contributed by atoms with E-state index in [0.29, 0.717) is 16.5 Å².